The standard InChI is InChI=1S/C10H14O3/c1-4-5-7-10(2,12)8-6-9(11)13-3/h4,12H,1,5,7H2,2-3H3. The molecule has 0 rings (SSSR count). The number of esters is 1. The summed E-state index contributed by atoms with van der Waals surface area (Å²) < 4.78 is 4.31. The minimum Gasteiger partial charge on any atom is -0.459 e. The third-order valence-corrected chi connectivity index (χ3v) is 1.45. The zero-order valence-electron chi connectivity index (χ0n) is 7.96. The van der Waals surface area contributed by atoms with Crippen molar-refractivity contribution < 1.29 is 14.6 Å². The van der Waals surface area contributed by atoms with Crippen LogP contribution in [0.2, 0.25) is 0 Å². The lowest BCUT2D eigenvalue weighted by atomic mass is 10.0. The maximum atomic E-state index is 10.6. The van der Waals surface area contributed by atoms with Crippen molar-refractivity contribution in [1.82, 2.24) is 0 Å². The summed E-state index contributed by atoms with van der Waals surface area (Å²) in [6, 6.07) is 0. The van der Waals surface area contributed by atoms with Crippen molar-refractivity contribution in [3.63, 3.8) is 0 Å². The molecule has 0 bridgehead atoms. The molecule has 0 amide bonds. The van der Waals surface area contributed by atoms with E-state index in [0.717, 1.165) is 0 Å². The fourth-order valence-corrected chi connectivity index (χ4v) is 0.682. The molecule has 0 saturated heterocycles. The average molecular weight is 182 g/mol. The van der Waals surface area contributed by atoms with E-state index < -0.39 is 11.6 Å². The summed E-state index contributed by atoms with van der Waals surface area (Å²) in [5, 5.41) is 9.56. The molecule has 0 heterocycles. The number of ether oxygens (including phenoxy) is 1. The molecule has 0 spiro atoms. The van der Waals surface area contributed by atoms with E-state index in [2.05, 4.69) is 23.2 Å². The van der Waals surface area contributed by atoms with Crippen LogP contribution in [0, 0.1) is 11.8 Å². The smallest absolute Gasteiger partial charge is 0.384 e. The molecule has 0 aromatic heterocycles. The Morgan fingerprint density at radius 3 is 2.85 bits per heavy atom. The van der Waals surface area contributed by atoms with Gasteiger partial charge >= 0.3 is 5.97 Å². The van der Waals surface area contributed by atoms with Gasteiger partial charge in [-0.15, -0.1) is 6.58 Å². The highest BCUT2D eigenvalue weighted by atomic mass is 16.5. The number of allylic oxidation sites excluding steroid dienone is 1. The van der Waals surface area contributed by atoms with E-state index in [9.17, 15) is 9.90 Å². The number of carbonyl (C=O) groups excluding carboxylic acids is 1. The molecule has 0 aliphatic heterocycles. The van der Waals surface area contributed by atoms with Gasteiger partial charge in [-0.05, 0) is 19.8 Å². The molecule has 1 atom stereocenters. The molecule has 13 heavy (non-hydrogen) atoms. The molecule has 0 fully saturated rings. The molecule has 1 N–H and O–H groups in total. The molecule has 72 valence electrons. The SMILES string of the molecule is C=CCCC(C)(O)C#CC(=O)OC. The Morgan fingerprint density at radius 2 is 2.38 bits per heavy atom. The second kappa shape index (κ2) is 5.39. The van der Waals surface area contributed by atoms with Crippen LogP contribution in [0.5, 0.6) is 0 Å². The molecular formula is C10H14O3. The van der Waals surface area contributed by atoms with E-state index in [-0.39, 0.29) is 0 Å². The van der Waals surface area contributed by atoms with E-state index in [0.29, 0.717) is 12.8 Å². The van der Waals surface area contributed by atoms with Gasteiger partial charge in [-0.2, -0.15) is 0 Å². The van der Waals surface area contributed by atoms with Crippen LogP contribution in [-0.4, -0.2) is 23.8 Å². The molecular weight excluding hydrogens is 168 g/mol. The second-order valence-electron chi connectivity index (χ2n) is 2.84. The molecule has 1 unspecified atom stereocenters. The lowest BCUT2D eigenvalue weighted by molar-refractivity contribution is -0.133. The Bertz CT molecular complexity index is 243. The monoisotopic (exact) mass is 182 g/mol. The highest BCUT2D eigenvalue weighted by Crippen LogP contribution is 2.10. The zero-order chi connectivity index (χ0) is 10.3. The van der Waals surface area contributed by atoms with Crippen molar-refractivity contribution in [2.45, 2.75) is 25.4 Å². The largest absolute Gasteiger partial charge is 0.459 e. The van der Waals surface area contributed by atoms with Crippen LogP contribution in [0.25, 0.3) is 0 Å². The first-order valence-corrected chi connectivity index (χ1v) is 3.96. The van der Waals surface area contributed by atoms with E-state index in [4.69, 9.17) is 0 Å². The molecule has 0 aliphatic rings. The molecule has 0 radical (unpaired) electrons. The van der Waals surface area contributed by atoms with Crippen molar-refractivity contribution >= 4 is 5.97 Å². The third-order valence-electron chi connectivity index (χ3n) is 1.45. The van der Waals surface area contributed by atoms with Gasteiger partial charge in [0.05, 0.1) is 7.11 Å². The Hall–Kier alpha value is -1.27. The van der Waals surface area contributed by atoms with Crippen molar-refractivity contribution in [1.29, 1.82) is 0 Å². The first-order chi connectivity index (χ1) is 6.02. The molecule has 0 aliphatic carbocycles. The summed E-state index contributed by atoms with van der Waals surface area (Å²) >= 11 is 0. The number of hydrogen-bond donors (Lipinski definition) is 1. The van der Waals surface area contributed by atoms with Gasteiger partial charge < -0.3 is 9.84 Å². The van der Waals surface area contributed by atoms with Gasteiger partial charge in [0.25, 0.3) is 0 Å². The van der Waals surface area contributed by atoms with Gasteiger partial charge in [-0.3, -0.25) is 0 Å². The van der Waals surface area contributed by atoms with Gasteiger partial charge in [0.2, 0.25) is 0 Å². The molecule has 3 heteroatoms. The molecule has 0 aromatic carbocycles. The summed E-state index contributed by atoms with van der Waals surface area (Å²) in [5.41, 5.74) is -1.15. The Kier molecular flexibility index (Phi) is 4.86. The van der Waals surface area contributed by atoms with Gasteiger partial charge in [0.15, 0.2) is 0 Å². The lowest BCUT2D eigenvalue weighted by Crippen LogP contribution is -2.21. The summed E-state index contributed by atoms with van der Waals surface area (Å²) in [6.45, 7) is 5.07. The predicted molar refractivity (Wildman–Crippen MR) is 49.8 cm³/mol. The van der Waals surface area contributed by atoms with Crippen molar-refractivity contribution in [3.05, 3.63) is 12.7 Å². The van der Waals surface area contributed by atoms with E-state index in [1.54, 1.807) is 13.0 Å². The minimum absolute atomic E-state index is 0.459. The Morgan fingerprint density at radius 1 is 1.77 bits per heavy atom. The maximum absolute atomic E-state index is 10.6. The summed E-state index contributed by atoms with van der Waals surface area (Å²) in [6.07, 6.45) is 2.80. The maximum Gasteiger partial charge on any atom is 0.384 e. The molecule has 0 aromatic rings. The highest BCUT2D eigenvalue weighted by Gasteiger charge is 2.15. The van der Waals surface area contributed by atoms with Crippen LogP contribution >= 0.6 is 0 Å². The number of aliphatic hydroxyl groups is 1. The van der Waals surface area contributed by atoms with Gasteiger partial charge in [0, 0.05) is 5.92 Å². The van der Waals surface area contributed by atoms with Crippen LogP contribution in [0.1, 0.15) is 19.8 Å². The lowest BCUT2D eigenvalue weighted by Gasteiger charge is -2.13. The third kappa shape index (κ3) is 5.94. The number of hydrogen-bond acceptors (Lipinski definition) is 3. The van der Waals surface area contributed by atoms with Crippen LogP contribution in [0.15, 0.2) is 12.7 Å². The Balaban J connectivity index is 4.18. The van der Waals surface area contributed by atoms with E-state index >= 15 is 0 Å². The topological polar surface area (TPSA) is 46.5 Å². The fourth-order valence-electron chi connectivity index (χ4n) is 0.682. The second-order valence-corrected chi connectivity index (χ2v) is 2.84. The fraction of sp³-hybridized carbons (Fsp3) is 0.500. The summed E-state index contributed by atoms with van der Waals surface area (Å²) in [7, 11) is 1.25. The normalized spacial score (nSPS) is 13.5. The molecule has 3 nitrogen and oxygen atoms in total. The molecule has 0 saturated carbocycles. The first kappa shape index (κ1) is 11.7. The van der Waals surface area contributed by atoms with Crippen LogP contribution < -0.4 is 0 Å². The zero-order valence-corrected chi connectivity index (χ0v) is 7.96. The quantitative estimate of drug-likeness (QED) is 0.305. The summed E-state index contributed by atoms with van der Waals surface area (Å²) in [5.74, 6) is 3.97. The highest BCUT2D eigenvalue weighted by molar-refractivity contribution is 5.88. The number of rotatable bonds is 3. The average Bonchev–Trinajstić information content (AvgIpc) is 2.11. The number of carbonyl (C=O) groups is 1. The van der Waals surface area contributed by atoms with E-state index in [1.165, 1.54) is 7.11 Å². The predicted octanol–water partition coefficient (Wildman–Crippen LogP) is 0.880. The van der Waals surface area contributed by atoms with E-state index in [1.807, 2.05) is 0 Å². The summed E-state index contributed by atoms with van der Waals surface area (Å²) in [4.78, 5) is 10.6. The van der Waals surface area contributed by atoms with Crippen molar-refractivity contribution in [3.8, 4) is 11.8 Å². The van der Waals surface area contributed by atoms with Crippen molar-refractivity contribution in [2.24, 2.45) is 0 Å². The van der Waals surface area contributed by atoms with Crippen LogP contribution in [-0.2, 0) is 9.53 Å². The van der Waals surface area contributed by atoms with Gasteiger partial charge in [-0.25, -0.2) is 4.79 Å². The van der Waals surface area contributed by atoms with Gasteiger partial charge in [0.1, 0.15) is 5.60 Å². The minimum atomic E-state index is -1.15. The first-order valence-electron chi connectivity index (χ1n) is 3.96. The van der Waals surface area contributed by atoms with Crippen LogP contribution in [0.4, 0.5) is 0 Å². The van der Waals surface area contributed by atoms with Crippen LogP contribution in [0.3, 0.4) is 0 Å². The Labute approximate surface area is 78.4 Å². The van der Waals surface area contributed by atoms with Gasteiger partial charge in [-0.1, -0.05) is 12.0 Å². The van der Waals surface area contributed by atoms with Crippen molar-refractivity contribution in [2.75, 3.05) is 7.11 Å². The number of methoxy groups -OCH3 is 1.